The van der Waals surface area contributed by atoms with Gasteiger partial charge in [0.25, 0.3) is 0 Å². The zero-order chi connectivity index (χ0) is 55.8. The van der Waals surface area contributed by atoms with E-state index >= 15 is 0 Å². The first-order valence-electron chi connectivity index (χ1n) is 27.2. The summed E-state index contributed by atoms with van der Waals surface area (Å²) >= 11 is 0. The van der Waals surface area contributed by atoms with E-state index in [1.54, 1.807) is 72.8 Å². The molecule has 12 nitrogen and oxygen atoms in total. The molecule has 2 N–H and O–H groups in total. The summed E-state index contributed by atoms with van der Waals surface area (Å²) in [5, 5.41) is 0. The predicted molar refractivity (Wildman–Crippen MR) is 319 cm³/mol. The molecule has 0 aliphatic carbocycles. The Balaban J connectivity index is 0.00000860. The number of esters is 4. The molecule has 0 saturated carbocycles. The minimum absolute atomic E-state index is 0. The first-order valence-corrected chi connectivity index (χ1v) is 27.2. The van der Waals surface area contributed by atoms with Crippen LogP contribution in [0.1, 0.15) is 102 Å². The van der Waals surface area contributed by atoms with Gasteiger partial charge in [-0.2, -0.15) is 0 Å². The summed E-state index contributed by atoms with van der Waals surface area (Å²) in [5.74, 6) is -0.237. The molecular weight excluding hydrogens is 1060 g/mol. The van der Waals surface area contributed by atoms with Gasteiger partial charge in [-0.15, -0.1) is 0 Å². The maximum atomic E-state index is 12.7. The standard InChI is InChI=1S/C68H62N4O8.Cu/c1-5-9-13-17-61(73)77-49-29-21-45(22-30-49)65-53-37-39-55(69-53)66(46-23-31-50(32-24-46)78-62(74)18-14-10-6-2)57-41-43-59(71-57)68(48-27-35-52(36-28-48)80-64(76)20-16-12-8-4)60-44-42-58(72-60)67(56-40-38-54(65)70-56)47-25-33-51(34-26-47)79-63(75)19-15-11-7-3;/h13-44,69,72H,5-12H2,1-4H3;. The van der Waals surface area contributed by atoms with E-state index < -0.39 is 23.9 Å². The van der Waals surface area contributed by atoms with Gasteiger partial charge in [-0.1, -0.05) is 126 Å². The number of nitrogens with one attached hydrogen (secondary N) is 2. The summed E-state index contributed by atoms with van der Waals surface area (Å²) in [6, 6.07) is 37.5. The first kappa shape index (κ1) is 58.0. The third kappa shape index (κ3) is 14.8. The Morgan fingerprint density at radius 3 is 0.753 bits per heavy atom. The summed E-state index contributed by atoms with van der Waals surface area (Å²) in [5.41, 5.74) is 11.9. The number of rotatable bonds is 20. The van der Waals surface area contributed by atoms with Crippen molar-refractivity contribution in [3.63, 3.8) is 0 Å². The summed E-state index contributed by atoms with van der Waals surface area (Å²) in [6.45, 7) is 8.18. The van der Waals surface area contributed by atoms with Gasteiger partial charge >= 0.3 is 23.9 Å². The maximum absolute atomic E-state index is 12.7. The molecule has 413 valence electrons. The van der Waals surface area contributed by atoms with Gasteiger partial charge in [0.2, 0.25) is 0 Å². The van der Waals surface area contributed by atoms with Gasteiger partial charge in [0.05, 0.1) is 22.8 Å². The van der Waals surface area contributed by atoms with Crippen LogP contribution in [0.25, 0.3) is 90.9 Å². The minimum atomic E-state index is -0.455. The second kappa shape index (κ2) is 28.1. The third-order valence-electron chi connectivity index (χ3n) is 13.0. The number of ether oxygens (including phenoxy) is 4. The fourth-order valence-electron chi connectivity index (χ4n) is 9.16. The predicted octanol–water partition coefficient (Wildman–Crippen LogP) is 16.4. The summed E-state index contributed by atoms with van der Waals surface area (Å²) in [6.07, 6.45) is 27.7. The molecule has 0 amide bonds. The van der Waals surface area contributed by atoms with Crippen molar-refractivity contribution >= 4 is 70.2 Å². The molecule has 9 rings (SSSR count). The van der Waals surface area contributed by atoms with Crippen LogP contribution < -0.4 is 18.9 Å². The summed E-state index contributed by atoms with van der Waals surface area (Å²) in [7, 11) is 0. The number of allylic oxidation sites excluding steroid dienone is 4. The Bertz CT molecular complexity index is 3280. The molecule has 0 spiro atoms. The van der Waals surface area contributed by atoms with Crippen LogP contribution in [0.3, 0.4) is 0 Å². The van der Waals surface area contributed by atoms with Crippen molar-refractivity contribution in [2.24, 2.45) is 0 Å². The molecule has 81 heavy (non-hydrogen) atoms. The van der Waals surface area contributed by atoms with E-state index in [1.807, 2.05) is 125 Å². The number of fused-ring (bicyclic) bond motifs is 8. The molecule has 2 aliphatic heterocycles. The summed E-state index contributed by atoms with van der Waals surface area (Å²) in [4.78, 5) is 69.2. The van der Waals surface area contributed by atoms with Crippen LogP contribution in [0.4, 0.5) is 0 Å². The number of nitrogens with zero attached hydrogens (tertiary/aromatic N) is 2. The van der Waals surface area contributed by atoms with Crippen molar-refractivity contribution < 1.29 is 55.2 Å². The topological polar surface area (TPSA) is 163 Å². The van der Waals surface area contributed by atoms with Crippen LogP contribution >= 0.6 is 0 Å². The van der Waals surface area contributed by atoms with E-state index in [4.69, 9.17) is 28.9 Å². The second-order valence-electron chi connectivity index (χ2n) is 19.0. The van der Waals surface area contributed by atoms with Gasteiger partial charge in [0, 0.05) is 85.7 Å². The fourth-order valence-corrected chi connectivity index (χ4v) is 9.16. The van der Waals surface area contributed by atoms with Crippen molar-refractivity contribution in [1.82, 2.24) is 19.9 Å². The van der Waals surface area contributed by atoms with Crippen LogP contribution in [-0.2, 0) is 36.2 Å². The molecule has 2 aliphatic rings. The van der Waals surface area contributed by atoms with Crippen molar-refractivity contribution in [1.29, 1.82) is 0 Å². The zero-order valence-electron chi connectivity index (χ0n) is 45.6. The Hall–Kier alpha value is -9.16. The van der Waals surface area contributed by atoms with Crippen LogP contribution in [0.15, 0.2) is 170 Å². The van der Waals surface area contributed by atoms with Gasteiger partial charge in [-0.3, -0.25) is 0 Å². The number of carbonyl (C=O) groups is 4. The number of carbonyl (C=O) groups excluding carboxylic acids is 4. The molecule has 0 saturated heterocycles. The van der Waals surface area contributed by atoms with Crippen molar-refractivity contribution in [3.8, 4) is 67.5 Å². The Kier molecular flexibility index (Phi) is 20.1. The largest absolute Gasteiger partial charge is 0.423 e. The molecule has 4 aromatic carbocycles. The number of hydrogen-bond acceptors (Lipinski definition) is 10. The van der Waals surface area contributed by atoms with E-state index in [0.717, 1.165) is 118 Å². The molecule has 7 aromatic rings. The van der Waals surface area contributed by atoms with E-state index in [2.05, 4.69) is 9.97 Å². The van der Waals surface area contributed by atoms with Crippen molar-refractivity contribution in [3.05, 3.63) is 193 Å². The molecule has 3 aromatic heterocycles. The number of benzene rings is 4. The second-order valence-corrected chi connectivity index (χ2v) is 19.0. The average Bonchev–Trinajstić information content (AvgIpc) is 4.46. The van der Waals surface area contributed by atoms with E-state index in [0.29, 0.717) is 45.8 Å². The number of aromatic nitrogens is 4. The van der Waals surface area contributed by atoms with Crippen molar-refractivity contribution in [2.75, 3.05) is 0 Å². The molecule has 0 fully saturated rings. The van der Waals surface area contributed by atoms with E-state index in [9.17, 15) is 19.2 Å². The molecule has 0 unspecified atom stereocenters. The van der Waals surface area contributed by atoms with Gasteiger partial charge in [0.15, 0.2) is 0 Å². The van der Waals surface area contributed by atoms with Gasteiger partial charge < -0.3 is 28.9 Å². The SMILES string of the molecule is CCCC=CC(=O)Oc1ccc(-c2c3nc(c(-c4ccc(OC(=O)C=CCCC)cc4)c4ccc([nH]4)c(-c4ccc(OC(=O)C=CCCC)cc4)c4nc(c(-c5ccc(OC(=O)C=CCCC)cc5)c5ccc2[nH]5)C=C4)C=C3)cc1.[Cu]. The zero-order valence-corrected chi connectivity index (χ0v) is 46.5. The number of unbranched alkanes of at least 4 members (excludes halogenated alkanes) is 4. The summed E-state index contributed by atoms with van der Waals surface area (Å²) < 4.78 is 22.7. The molecule has 5 heterocycles. The van der Waals surface area contributed by atoms with Crippen LogP contribution in [-0.4, -0.2) is 43.8 Å². The maximum Gasteiger partial charge on any atom is 0.335 e. The fraction of sp³-hybridized carbons (Fsp3) is 0.176. The van der Waals surface area contributed by atoms with Crippen LogP contribution in [0.2, 0.25) is 0 Å². The van der Waals surface area contributed by atoms with Gasteiger partial charge in [0.1, 0.15) is 23.0 Å². The van der Waals surface area contributed by atoms with Crippen LogP contribution in [0.5, 0.6) is 23.0 Å². The Labute approximate surface area is 482 Å². The first-order chi connectivity index (χ1) is 39.1. The van der Waals surface area contributed by atoms with Gasteiger partial charge in [-0.05, 0) is 145 Å². The number of H-pyrrole nitrogens is 2. The Morgan fingerprint density at radius 1 is 0.346 bits per heavy atom. The van der Waals surface area contributed by atoms with Crippen LogP contribution in [0, 0.1) is 0 Å². The monoisotopic (exact) mass is 1130 g/mol. The van der Waals surface area contributed by atoms with Crippen molar-refractivity contribution in [2.45, 2.75) is 79.1 Å². The molecule has 13 heteroatoms. The number of aromatic amines is 2. The minimum Gasteiger partial charge on any atom is -0.423 e. The van der Waals surface area contributed by atoms with Gasteiger partial charge in [-0.25, -0.2) is 29.1 Å². The quantitative estimate of drug-likeness (QED) is 0.0325. The normalized spacial score (nSPS) is 11.9. The number of hydrogen-bond donors (Lipinski definition) is 2. The average molecular weight is 1130 g/mol. The Morgan fingerprint density at radius 2 is 0.556 bits per heavy atom. The molecule has 1 radical (unpaired) electrons. The van der Waals surface area contributed by atoms with E-state index in [1.165, 1.54) is 24.3 Å². The molecule has 0 atom stereocenters. The molecular formula is C68H62CuN4O8. The molecule has 8 bridgehead atoms. The smallest absolute Gasteiger partial charge is 0.335 e. The third-order valence-corrected chi connectivity index (χ3v) is 13.0. The van der Waals surface area contributed by atoms with E-state index in [-0.39, 0.29) is 17.1 Å².